The minimum Gasteiger partial charge on any atom is -0.495 e. The van der Waals surface area contributed by atoms with Gasteiger partial charge >= 0.3 is 5.97 Å². The van der Waals surface area contributed by atoms with Crippen LogP contribution in [0.15, 0.2) is 12.1 Å². The summed E-state index contributed by atoms with van der Waals surface area (Å²) in [6.45, 7) is 1.78. The lowest BCUT2D eigenvalue weighted by molar-refractivity contribution is 0.0520. The average Bonchev–Trinajstić information content (AvgIpc) is 2.28. The molecule has 0 saturated carbocycles. The van der Waals surface area contributed by atoms with Crippen molar-refractivity contribution in [3.05, 3.63) is 29.1 Å². The molecule has 0 aliphatic carbocycles. The predicted octanol–water partition coefficient (Wildman–Crippen LogP) is 1.88. The maximum atomic E-state index is 13.4. The lowest BCUT2D eigenvalue weighted by Gasteiger charge is -2.07. The summed E-state index contributed by atoms with van der Waals surface area (Å²) in [4.78, 5) is 11.3. The second-order valence-corrected chi connectivity index (χ2v) is 2.86. The number of ether oxygens (including phenoxy) is 2. The lowest BCUT2D eigenvalue weighted by Crippen LogP contribution is -2.08. The number of nitrogens with zero attached hydrogens (tertiary/aromatic N) is 1. The molecule has 0 bridgehead atoms. The summed E-state index contributed by atoms with van der Waals surface area (Å²) in [6, 6.07) is 3.88. The van der Waals surface area contributed by atoms with Gasteiger partial charge in [-0.05, 0) is 19.1 Å². The molecule has 0 atom stereocenters. The molecule has 0 spiro atoms. The highest BCUT2D eigenvalue weighted by molar-refractivity contribution is 5.90. The Hall–Kier alpha value is -2.09. The largest absolute Gasteiger partial charge is 0.495 e. The SMILES string of the molecule is CCOC(=O)c1cc(OC)c(C#N)cc1F. The van der Waals surface area contributed by atoms with Gasteiger partial charge in [-0.15, -0.1) is 0 Å². The average molecular weight is 223 g/mol. The molecule has 84 valence electrons. The van der Waals surface area contributed by atoms with E-state index in [0.29, 0.717) is 0 Å². The molecule has 0 aromatic heterocycles. The minimum atomic E-state index is -0.796. The Bertz CT molecular complexity index is 451. The van der Waals surface area contributed by atoms with Crippen LogP contribution in [0.2, 0.25) is 0 Å². The molecule has 0 saturated heterocycles. The molecule has 0 heterocycles. The van der Waals surface area contributed by atoms with Gasteiger partial charge in [0.05, 0.1) is 24.8 Å². The fraction of sp³-hybridized carbons (Fsp3) is 0.273. The number of methoxy groups -OCH3 is 1. The van der Waals surface area contributed by atoms with Crippen LogP contribution in [-0.4, -0.2) is 19.7 Å². The van der Waals surface area contributed by atoms with Crippen LogP contribution in [0.4, 0.5) is 4.39 Å². The smallest absolute Gasteiger partial charge is 0.341 e. The Kier molecular flexibility index (Phi) is 3.84. The zero-order chi connectivity index (χ0) is 12.1. The number of hydrogen-bond acceptors (Lipinski definition) is 4. The van der Waals surface area contributed by atoms with E-state index >= 15 is 0 Å². The summed E-state index contributed by atoms with van der Waals surface area (Å²) >= 11 is 0. The highest BCUT2D eigenvalue weighted by Crippen LogP contribution is 2.22. The number of esters is 1. The van der Waals surface area contributed by atoms with Gasteiger partial charge in [0.15, 0.2) is 0 Å². The van der Waals surface area contributed by atoms with Gasteiger partial charge in [-0.1, -0.05) is 0 Å². The van der Waals surface area contributed by atoms with Gasteiger partial charge in [0.2, 0.25) is 0 Å². The maximum Gasteiger partial charge on any atom is 0.341 e. The van der Waals surface area contributed by atoms with Gasteiger partial charge in [0, 0.05) is 0 Å². The van der Waals surface area contributed by atoms with E-state index in [4.69, 9.17) is 10.00 Å². The molecule has 0 amide bonds. The summed E-state index contributed by atoms with van der Waals surface area (Å²) in [5.74, 6) is -1.43. The van der Waals surface area contributed by atoms with E-state index in [-0.39, 0.29) is 23.5 Å². The van der Waals surface area contributed by atoms with E-state index in [9.17, 15) is 9.18 Å². The molecule has 0 unspecified atom stereocenters. The van der Waals surface area contributed by atoms with E-state index in [1.54, 1.807) is 13.0 Å². The van der Waals surface area contributed by atoms with Crippen molar-refractivity contribution in [3.63, 3.8) is 0 Å². The fourth-order valence-corrected chi connectivity index (χ4v) is 1.17. The van der Waals surface area contributed by atoms with Gasteiger partial charge in [-0.3, -0.25) is 0 Å². The molecular formula is C11H10FNO3. The maximum absolute atomic E-state index is 13.4. The second kappa shape index (κ2) is 5.12. The Morgan fingerprint density at radius 2 is 2.25 bits per heavy atom. The number of carbonyl (C=O) groups is 1. The molecule has 5 heteroatoms. The summed E-state index contributed by atoms with van der Waals surface area (Å²) in [5.41, 5.74) is -0.203. The van der Waals surface area contributed by atoms with Crippen molar-refractivity contribution >= 4 is 5.97 Å². The molecule has 0 aliphatic heterocycles. The number of hydrogen-bond donors (Lipinski definition) is 0. The van der Waals surface area contributed by atoms with Crippen molar-refractivity contribution in [1.82, 2.24) is 0 Å². The topological polar surface area (TPSA) is 59.3 Å². The molecule has 1 aromatic rings. The third kappa shape index (κ3) is 2.28. The fourth-order valence-electron chi connectivity index (χ4n) is 1.17. The van der Waals surface area contributed by atoms with Gasteiger partial charge in [-0.25, -0.2) is 9.18 Å². The third-order valence-corrected chi connectivity index (χ3v) is 1.90. The highest BCUT2D eigenvalue weighted by atomic mass is 19.1. The number of halogens is 1. The van der Waals surface area contributed by atoms with E-state index < -0.39 is 11.8 Å². The monoisotopic (exact) mass is 223 g/mol. The van der Waals surface area contributed by atoms with Crippen LogP contribution in [0.1, 0.15) is 22.8 Å². The standard InChI is InChI=1S/C11H10FNO3/c1-3-16-11(14)8-5-10(15-2)7(6-13)4-9(8)12/h4-5H,3H2,1-2H3. The highest BCUT2D eigenvalue weighted by Gasteiger charge is 2.17. The second-order valence-electron chi connectivity index (χ2n) is 2.86. The minimum absolute atomic E-state index is 0.0352. The molecule has 1 aromatic carbocycles. The van der Waals surface area contributed by atoms with E-state index in [1.807, 2.05) is 0 Å². The molecule has 1 rings (SSSR count). The molecule has 0 N–H and O–H groups in total. The van der Waals surface area contributed by atoms with Crippen LogP contribution in [0, 0.1) is 17.1 Å². The third-order valence-electron chi connectivity index (χ3n) is 1.90. The van der Waals surface area contributed by atoms with E-state index in [1.165, 1.54) is 7.11 Å². The first-order valence-electron chi connectivity index (χ1n) is 4.58. The predicted molar refractivity (Wildman–Crippen MR) is 53.6 cm³/mol. The van der Waals surface area contributed by atoms with Crippen LogP contribution in [0.3, 0.4) is 0 Å². The molecule has 0 aliphatic rings. The zero-order valence-corrected chi connectivity index (χ0v) is 8.91. The van der Waals surface area contributed by atoms with Crippen LogP contribution in [-0.2, 0) is 4.74 Å². The van der Waals surface area contributed by atoms with Gasteiger partial charge < -0.3 is 9.47 Å². The van der Waals surface area contributed by atoms with Crippen LogP contribution in [0.5, 0.6) is 5.75 Å². The molecular weight excluding hydrogens is 213 g/mol. The van der Waals surface area contributed by atoms with Crippen LogP contribution in [0.25, 0.3) is 0 Å². The summed E-state index contributed by atoms with van der Waals surface area (Å²) in [5, 5.41) is 8.69. The van der Waals surface area contributed by atoms with Crippen LogP contribution >= 0.6 is 0 Å². The van der Waals surface area contributed by atoms with Gasteiger partial charge in [0.1, 0.15) is 17.6 Å². The Balaban J connectivity index is 3.22. The summed E-state index contributed by atoms with van der Waals surface area (Å²) < 4.78 is 22.9. The first-order valence-corrected chi connectivity index (χ1v) is 4.58. The van der Waals surface area contributed by atoms with Crippen molar-refractivity contribution in [2.75, 3.05) is 13.7 Å². The summed E-state index contributed by atoms with van der Waals surface area (Å²) in [6.07, 6.45) is 0. The molecule has 0 fully saturated rings. The number of benzene rings is 1. The van der Waals surface area contributed by atoms with Crippen LogP contribution < -0.4 is 4.74 Å². The van der Waals surface area contributed by atoms with E-state index in [0.717, 1.165) is 12.1 Å². The van der Waals surface area contributed by atoms with Crippen molar-refractivity contribution in [2.24, 2.45) is 0 Å². The zero-order valence-electron chi connectivity index (χ0n) is 8.91. The lowest BCUT2D eigenvalue weighted by atomic mass is 10.1. The van der Waals surface area contributed by atoms with E-state index in [2.05, 4.69) is 4.74 Å². The first kappa shape index (κ1) is 12.0. The Morgan fingerprint density at radius 1 is 1.56 bits per heavy atom. The number of carbonyl (C=O) groups excluding carboxylic acids is 1. The normalized spacial score (nSPS) is 9.38. The number of rotatable bonds is 3. The first-order chi connectivity index (χ1) is 7.63. The molecule has 0 radical (unpaired) electrons. The Labute approximate surface area is 92.2 Å². The quantitative estimate of drug-likeness (QED) is 0.734. The van der Waals surface area contributed by atoms with Crippen molar-refractivity contribution in [3.8, 4) is 11.8 Å². The van der Waals surface area contributed by atoms with Gasteiger partial charge in [-0.2, -0.15) is 5.26 Å². The molecule has 4 nitrogen and oxygen atoms in total. The number of nitriles is 1. The van der Waals surface area contributed by atoms with Crippen molar-refractivity contribution < 1.29 is 18.7 Å². The molecule has 16 heavy (non-hydrogen) atoms. The summed E-state index contributed by atoms with van der Waals surface area (Å²) in [7, 11) is 1.34. The Morgan fingerprint density at radius 3 is 2.75 bits per heavy atom. The van der Waals surface area contributed by atoms with Crippen molar-refractivity contribution in [1.29, 1.82) is 5.26 Å². The van der Waals surface area contributed by atoms with Gasteiger partial charge in [0.25, 0.3) is 0 Å². The van der Waals surface area contributed by atoms with Crippen molar-refractivity contribution in [2.45, 2.75) is 6.92 Å².